The molecule has 1 heterocycles. The van der Waals surface area contributed by atoms with Crippen molar-refractivity contribution in [3.05, 3.63) is 55.8 Å². The van der Waals surface area contributed by atoms with Gasteiger partial charge in [0.2, 0.25) is 0 Å². The van der Waals surface area contributed by atoms with E-state index in [1.165, 1.54) is 10.6 Å². The second kappa shape index (κ2) is 4.16. The van der Waals surface area contributed by atoms with Crippen LogP contribution in [0.5, 0.6) is 0 Å². The number of benzene rings is 1. The molecule has 0 saturated heterocycles. The zero-order valence-corrected chi connectivity index (χ0v) is 9.19. The van der Waals surface area contributed by atoms with Crippen molar-refractivity contribution in [2.45, 2.75) is 6.54 Å². The van der Waals surface area contributed by atoms with Gasteiger partial charge in [-0.05, 0) is 12.1 Å². The van der Waals surface area contributed by atoms with Crippen LogP contribution in [-0.4, -0.2) is 4.57 Å². The molecule has 0 N–H and O–H groups in total. The minimum atomic E-state index is -0.388. The van der Waals surface area contributed by atoms with Crippen molar-refractivity contribution in [2.24, 2.45) is 0 Å². The zero-order valence-electron chi connectivity index (χ0n) is 7.61. The van der Waals surface area contributed by atoms with E-state index in [9.17, 15) is 9.18 Å². The van der Waals surface area contributed by atoms with Gasteiger partial charge in [-0.1, -0.05) is 29.0 Å². The molecular formula is C10H7ClFNOS. The number of nitrogens with zero attached hydrogens (tertiary/aromatic N) is 1. The van der Waals surface area contributed by atoms with E-state index in [1.54, 1.807) is 23.7 Å². The lowest BCUT2D eigenvalue weighted by atomic mass is 10.2. The molecule has 0 aliphatic carbocycles. The highest BCUT2D eigenvalue weighted by Crippen LogP contribution is 2.15. The van der Waals surface area contributed by atoms with Crippen LogP contribution in [0.2, 0.25) is 5.02 Å². The molecule has 0 spiro atoms. The predicted molar refractivity (Wildman–Crippen MR) is 59.1 cm³/mol. The molecule has 2 nitrogen and oxygen atoms in total. The highest BCUT2D eigenvalue weighted by Gasteiger charge is 2.05. The Morgan fingerprint density at radius 1 is 1.47 bits per heavy atom. The lowest BCUT2D eigenvalue weighted by molar-refractivity contribution is 0.598. The Bertz CT molecular complexity index is 534. The molecule has 0 bridgehead atoms. The van der Waals surface area contributed by atoms with Crippen LogP contribution in [0.1, 0.15) is 5.56 Å². The van der Waals surface area contributed by atoms with Crippen LogP contribution in [0.4, 0.5) is 4.39 Å². The van der Waals surface area contributed by atoms with Crippen molar-refractivity contribution in [3.8, 4) is 0 Å². The van der Waals surface area contributed by atoms with Crippen LogP contribution in [0.15, 0.2) is 34.6 Å². The quantitative estimate of drug-likeness (QED) is 0.795. The second-order valence-corrected chi connectivity index (χ2v) is 4.33. The molecule has 0 radical (unpaired) electrons. The van der Waals surface area contributed by atoms with E-state index in [4.69, 9.17) is 11.6 Å². The van der Waals surface area contributed by atoms with Gasteiger partial charge >= 0.3 is 4.87 Å². The van der Waals surface area contributed by atoms with Crippen LogP contribution in [0, 0.1) is 5.82 Å². The van der Waals surface area contributed by atoms with Crippen LogP contribution < -0.4 is 4.87 Å². The van der Waals surface area contributed by atoms with Crippen molar-refractivity contribution in [1.29, 1.82) is 0 Å². The maximum Gasteiger partial charge on any atom is 0.307 e. The summed E-state index contributed by atoms with van der Waals surface area (Å²) in [6.07, 6.45) is 1.64. The van der Waals surface area contributed by atoms with Gasteiger partial charge in [-0.2, -0.15) is 0 Å². The van der Waals surface area contributed by atoms with Gasteiger partial charge in [0, 0.05) is 22.2 Å². The van der Waals surface area contributed by atoms with Gasteiger partial charge in [0.25, 0.3) is 0 Å². The third kappa shape index (κ3) is 2.27. The molecule has 5 heteroatoms. The van der Waals surface area contributed by atoms with Crippen LogP contribution >= 0.6 is 22.9 Å². The normalized spacial score (nSPS) is 10.5. The van der Waals surface area contributed by atoms with E-state index >= 15 is 0 Å². The summed E-state index contributed by atoms with van der Waals surface area (Å²) in [6.45, 7) is 0.241. The largest absolute Gasteiger partial charge is 0.307 e. The number of rotatable bonds is 2. The van der Waals surface area contributed by atoms with E-state index in [0.717, 1.165) is 11.3 Å². The Morgan fingerprint density at radius 2 is 2.27 bits per heavy atom. The minimum Gasteiger partial charge on any atom is -0.301 e. The number of hydrogen-bond acceptors (Lipinski definition) is 2. The Morgan fingerprint density at radius 3 is 2.87 bits per heavy atom. The molecule has 0 unspecified atom stereocenters. The molecule has 15 heavy (non-hydrogen) atoms. The van der Waals surface area contributed by atoms with Crippen molar-refractivity contribution in [1.82, 2.24) is 4.57 Å². The van der Waals surface area contributed by atoms with Crippen molar-refractivity contribution in [2.75, 3.05) is 0 Å². The zero-order chi connectivity index (χ0) is 10.8. The molecule has 0 aliphatic heterocycles. The van der Waals surface area contributed by atoms with E-state index in [1.807, 2.05) is 0 Å². The van der Waals surface area contributed by atoms with Gasteiger partial charge in [0.15, 0.2) is 0 Å². The van der Waals surface area contributed by atoms with E-state index in [2.05, 4.69) is 0 Å². The highest BCUT2D eigenvalue weighted by molar-refractivity contribution is 7.07. The topological polar surface area (TPSA) is 22.0 Å². The Balaban J connectivity index is 2.33. The van der Waals surface area contributed by atoms with Crippen molar-refractivity contribution < 1.29 is 4.39 Å². The monoisotopic (exact) mass is 243 g/mol. The molecule has 1 aromatic carbocycles. The first-order valence-electron chi connectivity index (χ1n) is 4.24. The third-order valence-corrected chi connectivity index (χ3v) is 2.93. The van der Waals surface area contributed by atoms with Gasteiger partial charge in [-0.25, -0.2) is 4.39 Å². The van der Waals surface area contributed by atoms with Gasteiger partial charge in [0.05, 0.1) is 6.54 Å². The Labute approximate surface area is 94.6 Å². The summed E-state index contributed by atoms with van der Waals surface area (Å²) < 4.78 is 14.8. The minimum absolute atomic E-state index is 0.0932. The van der Waals surface area contributed by atoms with Crippen molar-refractivity contribution in [3.63, 3.8) is 0 Å². The molecule has 0 atom stereocenters. The fourth-order valence-electron chi connectivity index (χ4n) is 1.24. The molecule has 2 rings (SSSR count). The first-order valence-corrected chi connectivity index (χ1v) is 5.50. The summed E-state index contributed by atoms with van der Waals surface area (Å²) in [5.41, 5.74) is 0.458. The summed E-state index contributed by atoms with van der Waals surface area (Å²) in [4.78, 5) is 11.1. The molecule has 0 amide bonds. The third-order valence-electron chi connectivity index (χ3n) is 2.00. The average molecular weight is 244 g/mol. The molecule has 78 valence electrons. The Hall–Kier alpha value is -1.13. The molecule has 0 saturated carbocycles. The van der Waals surface area contributed by atoms with E-state index < -0.39 is 0 Å². The van der Waals surface area contributed by atoms with E-state index in [0.29, 0.717) is 10.6 Å². The highest BCUT2D eigenvalue weighted by atomic mass is 35.5. The first kappa shape index (κ1) is 10.4. The Kier molecular flexibility index (Phi) is 2.88. The summed E-state index contributed by atoms with van der Waals surface area (Å²) in [5, 5.41) is 2.03. The lowest BCUT2D eigenvalue weighted by Crippen LogP contribution is -2.13. The molecule has 0 fully saturated rings. The predicted octanol–water partition coefficient (Wildman–Crippen LogP) is 2.75. The number of thiazole rings is 1. The van der Waals surface area contributed by atoms with Crippen molar-refractivity contribution >= 4 is 22.9 Å². The lowest BCUT2D eigenvalue weighted by Gasteiger charge is -2.03. The summed E-state index contributed by atoms with van der Waals surface area (Å²) in [5.74, 6) is -0.388. The summed E-state index contributed by atoms with van der Waals surface area (Å²) in [6, 6.07) is 4.44. The number of halogens is 2. The number of aromatic nitrogens is 1. The summed E-state index contributed by atoms with van der Waals surface area (Å²) >= 11 is 6.72. The van der Waals surface area contributed by atoms with Gasteiger partial charge in [-0.15, -0.1) is 0 Å². The SMILES string of the molecule is O=c1sccn1Cc1ccc(Cl)cc1F. The van der Waals surface area contributed by atoms with E-state index in [-0.39, 0.29) is 17.2 Å². The first-order chi connectivity index (χ1) is 7.16. The standard InChI is InChI=1S/C10H7ClFNOS/c11-8-2-1-7(9(12)5-8)6-13-3-4-15-10(13)14/h1-5H,6H2. The number of hydrogen-bond donors (Lipinski definition) is 0. The summed E-state index contributed by atoms with van der Waals surface area (Å²) in [7, 11) is 0. The molecule has 2 aromatic rings. The average Bonchev–Trinajstić information content (AvgIpc) is 2.57. The smallest absolute Gasteiger partial charge is 0.301 e. The van der Waals surface area contributed by atoms with Gasteiger partial charge in [0.1, 0.15) is 5.82 Å². The van der Waals surface area contributed by atoms with Crippen LogP contribution in [-0.2, 0) is 6.54 Å². The van der Waals surface area contributed by atoms with Crippen LogP contribution in [0.25, 0.3) is 0 Å². The fraction of sp³-hybridized carbons (Fsp3) is 0.100. The second-order valence-electron chi connectivity index (χ2n) is 3.03. The van der Waals surface area contributed by atoms with Crippen LogP contribution in [0.3, 0.4) is 0 Å². The van der Waals surface area contributed by atoms with Gasteiger partial charge in [-0.3, -0.25) is 4.79 Å². The molecule has 1 aromatic heterocycles. The maximum atomic E-state index is 13.4. The van der Waals surface area contributed by atoms with Gasteiger partial charge < -0.3 is 4.57 Å². The fourth-order valence-corrected chi connectivity index (χ4v) is 1.99. The molecule has 0 aliphatic rings. The molecular weight excluding hydrogens is 237 g/mol. The maximum absolute atomic E-state index is 13.4.